The minimum absolute atomic E-state index is 0.0703. The van der Waals surface area contributed by atoms with E-state index in [2.05, 4.69) is 20.4 Å². The van der Waals surface area contributed by atoms with Crippen LogP contribution in [-0.4, -0.2) is 129 Å². The molecule has 1 unspecified atom stereocenters. The van der Waals surface area contributed by atoms with Crippen molar-refractivity contribution in [2.75, 3.05) is 68.8 Å². The molecule has 5 fully saturated rings. The quantitative estimate of drug-likeness (QED) is 0.145. The predicted molar refractivity (Wildman–Crippen MR) is 245 cm³/mol. The van der Waals surface area contributed by atoms with Gasteiger partial charge in [0.1, 0.15) is 5.82 Å². The Morgan fingerprint density at radius 2 is 1.68 bits per heavy atom. The third-order valence-corrected chi connectivity index (χ3v) is 14.7. The number of piperazine rings is 1. The molecule has 3 aromatic carbocycles. The van der Waals surface area contributed by atoms with E-state index in [1.54, 1.807) is 12.1 Å². The van der Waals surface area contributed by atoms with Crippen LogP contribution in [-0.2, 0) is 9.53 Å². The predicted octanol–water partition coefficient (Wildman–Crippen LogP) is 6.12. The van der Waals surface area contributed by atoms with Crippen LogP contribution in [0, 0.1) is 30.3 Å². The van der Waals surface area contributed by atoms with Crippen molar-refractivity contribution in [1.29, 1.82) is 0 Å². The van der Waals surface area contributed by atoms with Crippen molar-refractivity contribution in [2.45, 2.75) is 76.0 Å². The van der Waals surface area contributed by atoms with Gasteiger partial charge < -0.3 is 25.0 Å². The topological polar surface area (TPSA) is 178 Å². The Bertz CT molecular complexity index is 2770. The third kappa shape index (κ3) is 8.96. The number of piperidine rings is 1. The summed E-state index contributed by atoms with van der Waals surface area (Å²) < 4.78 is 50.2. The smallest absolute Gasteiger partial charge is 0.328 e. The van der Waals surface area contributed by atoms with Crippen molar-refractivity contribution < 1.29 is 42.2 Å². The first-order valence-corrected chi connectivity index (χ1v) is 23.4. The summed E-state index contributed by atoms with van der Waals surface area (Å²) in [7, 11) is 0. The Hall–Kier alpha value is -6.60. The SMILES string of the molecule is Cc1ccc(C(=O)N2CCC3(CC2)CC(N2CCN(c4cnc(-c5ccc6cn(C7CCC(CNC(=O)c8cc(F)c(O)c(F)c8F)CC7)nc6c5)cn4)CC2)CO3)cc1N1CCC(=O)NC1=O. The van der Waals surface area contributed by atoms with E-state index in [0.29, 0.717) is 43.1 Å². The number of benzene rings is 3. The number of hydrogen-bond donors (Lipinski definition) is 3. The van der Waals surface area contributed by atoms with Gasteiger partial charge in [-0.1, -0.05) is 18.2 Å². The van der Waals surface area contributed by atoms with Gasteiger partial charge in [0.05, 0.1) is 47.4 Å². The number of nitrogens with zero attached hydrogens (tertiary/aromatic N) is 8. The molecule has 356 valence electrons. The standard InChI is InChI=1S/C49H53F3N10O6/c1-29-2-5-32(21-40(29)61-13-10-42(63)56-48(61)67)47(66)60-14-11-49(12-15-60)23-35(28-68-49)58-16-18-59(19-17-58)41-26-53-39(25-54-41)31-6-7-33-27-62(57-38(33)20-31)34-8-3-30(4-9-34)24-55-46(65)36-22-37(50)45(64)44(52)43(36)51/h2,5-7,20-22,25-27,30,34-35,64H,3-4,8-19,23-24,28H2,1H3,(H,55,65)(H,56,63,67). The van der Waals surface area contributed by atoms with E-state index in [9.17, 15) is 37.5 Å². The van der Waals surface area contributed by atoms with Crippen molar-refractivity contribution in [3.8, 4) is 17.0 Å². The molecular formula is C49H53F3N10O6. The van der Waals surface area contributed by atoms with Gasteiger partial charge in [-0.3, -0.25) is 39.2 Å². The van der Waals surface area contributed by atoms with E-state index in [0.717, 1.165) is 105 Å². The van der Waals surface area contributed by atoms with Crippen LogP contribution >= 0.6 is 0 Å². The van der Waals surface area contributed by atoms with Gasteiger partial charge in [0.15, 0.2) is 17.4 Å². The molecule has 6 heterocycles. The second-order valence-corrected chi connectivity index (χ2v) is 18.8. The fourth-order valence-electron chi connectivity index (χ4n) is 10.6. The number of aryl methyl sites for hydroxylation is 1. The molecule has 1 spiro atoms. The van der Waals surface area contributed by atoms with Crippen LogP contribution in [0.15, 0.2) is 61.1 Å². The number of carbonyl (C=O) groups is 4. The summed E-state index contributed by atoms with van der Waals surface area (Å²) >= 11 is 0. The monoisotopic (exact) mass is 934 g/mol. The van der Waals surface area contributed by atoms with Crippen LogP contribution in [0.3, 0.4) is 0 Å². The van der Waals surface area contributed by atoms with Crippen molar-refractivity contribution in [1.82, 2.24) is 40.2 Å². The first-order chi connectivity index (χ1) is 32.8. The fourth-order valence-corrected chi connectivity index (χ4v) is 10.6. The normalized spacial score (nSPS) is 22.2. The molecular weight excluding hydrogens is 882 g/mol. The van der Waals surface area contributed by atoms with Gasteiger partial charge in [0, 0.05) is 93.2 Å². The van der Waals surface area contributed by atoms with Crippen molar-refractivity contribution in [3.05, 3.63) is 95.2 Å². The highest BCUT2D eigenvalue weighted by Gasteiger charge is 2.45. The number of aromatic nitrogens is 4. The number of fused-ring (bicyclic) bond motifs is 1. The molecule has 4 saturated heterocycles. The van der Waals surface area contributed by atoms with Crippen LogP contribution in [0.2, 0.25) is 0 Å². The number of aromatic hydroxyl groups is 1. The van der Waals surface area contributed by atoms with Gasteiger partial charge >= 0.3 is 6.03 Å². The first kappa shape index (κ1) is 45.2. The number of hydrogen-bond acceptors (Lipinski definition) is 11. The highest BCUT2D eigenvalue weighted by atomic mass is 19.2. The highest BCUT2D eigenvalue weighted by molar-refractivity contribution is 6.06. The molecule has 0 bridgehead atoms. The van der Waals surface area contributed by atoms with Crippen molar-refractivity contribution >= 4 is 46.2 Å². The number of phenolic OH excluding ortho intramolecular Hbond substituents is 1. The second-order valence-electron chi connectivity index (χ2n) is 18.8. The molecule has 19 heteroatoms. The lowest BCUT2D eigenvalue weighted by atomic mass is 9.86. The van der Waals surface area contributed by atoms with Crippen molar-refractivity contribution in [2.24, 2.45) is 5.92 Å². The fraction of sp³-hybridized carbons (Fsp3) is 0.449. The summed E-state index contributed by atoms with van der Waals surface area (Å²) in [5.41, 5.74) is 3.48. The Morgan fingerprint density at radius 3 is 2.41 bits per heavy atom. The number of nitrogens with one attached hydrogen (secondary N) is 2. The molecule has 0 radical (unpaired) electrons. The highest BCUT2D eigenvalue weighted by Crippen LogP contribution is 2.39. The molecule has 4 aliphatic heterocycles. The van der Waals surface area contributed by atoms with E-state index < -0.39 is 40.7 Å². The zero-order chi connectivity index (χ0) is 47.3. The van der Waals surface area contributed by atoms with Crippen LogP contribution in [0.25, 0.3) is 22.2 Å². The molecule has 5 amide bonds. The average Bonchev–Trinajstić information content (AvgIpc) is 3.99. The van der Waals surface area contributed by atoms with Gasteiger partial charge in [-0.2, -0.15) is 9.49 Å². The largest absolute Gasteiger partial charge is 0.503 e. The van der Waals surface area contributed by atoms with Gasteiger partial charge in [0.2, 0.25) is 11.7 Å². The number of phenols is 1. The van der Waals surface area contributed by atoms with Crippen LogP contribution in [0.5, 0.6) is 5.75 Å². The number of anilines is 2. The molecule has 1 atom stereocenters. The molecule has 2 aromatic heterocycles. The number of urea groups is 1. The molecule has 1 saturated carbocycles. The number of halogens is 3. The lowest BCUT2D eigenvalue weighted by Crippen LogP contribution is -2.51. The maximum Gasteiger partial charge on any atom is 0.328 e. The van der Waals surface area contributed by atoms with E-state index >= 15 is 0 Å². The number of rotatable bonds is 9. The first-order valence-electron chi connectivity index (χ1n) is 23.4. The van der Waals surface area contributed by atoms with Crippen molar-refractivity contribution in [3.63, 3.8) is 0 Å². The maximum atomic E-state index is 14.2. The number of amides is 5. The maximum absolute atomic E-state index is 14.2. The average molecular weight is 935 g/mol. The van der Waals surface area contributed by atoms with Gasteiger partial charge in [-0.05, 0) is 87.6 Å². The summed E-state index contributed by atoms with van der Waals surface area (Å²) in [6.07, 6.45) is 11.5. The number of ether oxygens (including phenoxy) is 1. The minimum Gasteiger partial charge on any atom is -0.503 e. The molecule has 5 aliphatic rings. The van der Waals surface area contributed by atoms with Crippen LogP contribution in [0.4, 0.5) is 29.5 Å². The Labute approximate surface area is 390 Å². The summed E-state index contributed by atoms with van der Waals surface area (Å²) in [6.45, 7) is 7.63. The molecule has 1 aliphatic carbocycles. The Kier molecular flexibility index (Phi) is 12.3. The van der Waals surface area contributed by atoms with E-state index in [-0.39, 0.29) is 48.9 Å². The third-order valence-electron chi connectivity index (χ3n) is 14.7. The lowest BCUT2D eigenvalue weighted by molar-refractivity contribution is -0.120. The molecule has 16 nitrogen and oxygen atoms in total. The number of likely N-dealkylation sites (tertiary alicyclic amines) is 1. The molecule has 10 rings (SSSR count). The second kappa shape index (κ2) is 18.5. The summed E-state index contributed by atoms with van der Waals surface area (Å²) in [6, 6.07) is 12.0. The number of carbonyl (C=O) groups excluding carboxylic acids is 4. The molecule has 5 aromatic rings. The Morgan fingerprint density at radius 1 is 0.897 bits per heavy atom. The van der Waals surface area contributed by atoms with Gasteiger partial charge in [0.25, 0.3) is 11.8 Å². The lowest BCUT2D eigenvalue weighted by Gasteiger charge is -2.40. The van der Waals surface area contributed by atoms with E-state index in [1.165, 1.54) is 4.90 Å². The van der Waals surface area contributed by atoms with Gasteiger partial charge in [-0.25, -0.2) is 18.6 Å². The van der Waals surface area contributed by atoms with Crippen LogP contribution in [0.1, 0.15) is 83.7 Å². The summed E-state index contributed by atoms with van der Waals surface area (Å²) in [5, 5.41) is 20.1. The summed E-state index contributed by atoms with van der Waals surface area (Å²) in [4.78, 5) is 68.2. The Balaban J connectivity index is 0.678. The minimum atomic E-state index is -1.79. The van der Waals surface area contributed by atoms with Gasteiger partial charge in [-0.15, -0.1) is 0 Å². The zero-order valence-electron chi connectivity index (χ0n) is 37.7. The zero-order valence-corrected chi connectivity index (χ0v) is 37.7. The van der Waals surface area contributed by atoms with Crippen LogP contribution < -0.4 is 20.4 Å². The summed E-state index contributed by atoms with van der Waals surface area (Å²) in [5.74, 6) is -6.59. The molecule has 3 N–H and O–H groups in total. The molecule has 68 heavy (non-hydrogen) atoms. The van der Waals surface area contributed by atoms with E-state index in [4.69, 9.17) is 19.8 Å². The number of imide groups is 1. The van der Waals surface area contributed by atoms with E-state index in [1.807, 2.05) is 59.4 Å².